The molecule has 0 bridgehead atoms. The molecular weight excluding hydrogens is 274 g/mol. The summed E-state index contributed by atoms with van der Waals surface area (Å²) < 4.78 is 11.0. The summed E-state index contributed by atoms with van der Waals surface area (Å²) in [4.78, 5) is 0. The Morgan fingerprint density at radius 1 is 1.25 bits per heavy atom. The van der Waals surface area contributed by atoms with Crippen LogP contribution in [0.2, 0.25) is 0 Å². The Morgan fingerprint density at radius 2 is 2.00 bits per heavy atom. The molecule has 5 nitrogen and oxygen atoms in total. The molecule has 110 valence electrons. The summed E-state index contributed by atoms with van der Waals surface area (Å²) in [5.41, 5.74) is 3.61. The van der Waals surface area contributed by atoms with Gasteiger partial charge >= 0.3 is 0 Å². The van der Waals surface area contributed by atoms with Crippen molar-refractivity contribution in [2.24, 2.45) is 5.10 Å². The SMILES string of the molecule is CCNC(=S)N/N=C\c1ccc(OCC)cc1OCC. The van der Waals surface area contributed by atoms with Gasteiger partial charge in [-0.15, -0.1) is 0 Å². The van der Waals surface area contributed by atoms with Crippen LogP contribution in [0.25, 0.3) is 0 Å². The summed E-state index contributed by atoms with van der Waals surface area (Å²) in [5.74, 6) is 1.52. The van der Waals surface area contributed by atoms with E-state index in [2.05, 4.69) is 15.8 Å². The number of benzene rings is 1. The van der Waals surface area contributed by atoms with Crippen molar-refractivity contribution in [2.45, 2.75) is 20.8 Å². The molecule has 0 saturated carbocycles. The molecule has 0 heterocycles. The van der Waals surface area contributed by atoms with Gasteiger partial charge in [-0.25, -0.2) is 0 Å². The highest BCUT2D eigenvalue weighted by Gasteiger charge is 2.04. The zero-order chi connectivity index (χ0) is 14.8. The molecule has 0 aliphatic rings. The Balaban J connectivity index is 2.77. The second-order valence-corrected chi connectivity index (χ2v) is 4.20. The molecule has 0 amide bonds. The largest absolute Gasteiger partial charge is 0.494 e. The number of nitrogens with zero attached hydrogens (tertiary/aromatic N) is 1. The summed E-state index contributed by atoms with van der Waals surface area (Å²) in [6, 6.07) is 5.64. The normalized spacial score (nSPS) is 10.3. The molecule has 0 atom stereocenters. The topological polar surface area (TPSA) is 54.9 Å². The van der Waals surface area contributed by atoms with Crippen molar-refractivity contribution in [3.63, 3.8) is 0 Å². The van der Waals surface area contributed by atoms with Crippen LogP contribution in [-0.4, -0.2) is 31.1 Å². The number of ether oxygens (including phenoxy) is 2. The summed E-state index contributed by atoms with van der Waals surface area (Å²) in [7, 11) is 0. The highest BCUT2D eigenvalue weighted by Crippen LogP contribution is 2.23. The molecule has 0 aliphatic heterocycles. The van der Waals surface area contributed by atoms with Crippen LogP contribution in [0.4, 0.5) is 0 Å². The van der Waals surface area contributed by atoms with Crippen molar-refractivity contribution < 1.29 is 9.47 Å². The second-order valence-electron chi connectivity index (χ2n) is 3.80. The lowest BCUT2D eigenvalue weighted by Gasteiger charge is -2.10. The highest BCUT2D eigenvalue weighted by atomic mass is 32.1. The summed E-state index contributed by atoms with van der Waals surface area (Å²) in [6.45, 7) is 7.82. The predicted molar refractivity (Wildman–Crippen MR) is 85.8 cm³/mol. The standard InChI is InChI=1S/C14H21N3O2S/c1-4-15-14(20)17-16-10-11-7-8-12(18-5-2)9-13(11)19-6-3/h7-10H,4-6H2,1-3H3,(H2,15,17,20)/b16-10-. The summed E-state index contributed by atoms with van der Waals surface area (Å²) in [6.07, 6.45) is 1.67. The Labute approximate surface area is 125 Å². The first-order chi connectivity index (χ1) is 9.71. The van der Waals surface area contributed by atoms with Crippen molar-refractivity contribution in [3.8, 4) is 11.5 Å². The van der Waals surface area contributed by atoms with E-state index in [1.54, 1.807) is 6.21 Å². The molecule has 1 rings (SSSR count). The number of nitrogens with one attached hydrogen (secondary N) is 2. The Morgan fingerprint density at radius 3 is 2.65 bits per heavy atom. The van der Waals surface area contributed by atoms with Crippen LogP contribution in [0, 0.1) is 0 Å². The second kappa shape index (κ2) is 9.14. The van der Waals surface area contributed by atoms with E-state index in [9.17, 15) is 0 Å². The van der Waals surface area contributed by atoms with Crippen LogP contribution in [0.5, 0.6) is 11.5 Å². The molecule has 1 aromatic rings. The van der Waals surface area contributed by atoms with Crippen LogP contribution in [0.3, 0.4) is 0 Å². The van der Waals surface area contributed by atoms with Crippen molar-refractivity contribution >= 4 is 23.5 Å². The molecule has 1 aromatic carbocycles. The monoisotopic (exact) mass is 295 g/mol. The first kappa shape index (κ1) is 16.2. The molecule has 0 saturated heterocycles. The lowest BCUT2D eigenvalue weighted by molar-refractivity contribution is 0.323. The van der Waals surface area contributed by atoms with Gasteiger partial charge in [0.2, 0.25) is 0 Å². The zero-order valence-electron chi connectivity index (χ0n) is 12.1. The average molecular weight is 295 g/mol. The minimum atomic E-state index is 0.493. The Kier molecular flexibility index (Phi) is 7.42. The van der Waals surface area contributed by atoms with Crippen LogP contribution >= 0.6 is 12.2 Å². The summed E-state index contributed by atoms with van der Waals surface area (Å²) in [5, 5.41) is 7.53. The van der Waals surface area contributed by atoms with Crippen LogP contribution in [0.15, 0.2) is 23.3 Å². The molecule has 0 radical (unpaired) electrons. The third-order valence-electron chi connectivity index (χ3n) is 2.30. The summed E-state index contributed by atoms with van der Waals surface area (Å²) >= 11 is 5.02. The van der Waals surface area contributed by atoms with Gasteiger partial charge in [-0.2, -0.15) is 5.10 Å². The van der Waals surface area contributed by atoms with Gasteiger partial charge in [-0.1, -0.05) is 0 Å². The van der Waals surface area contributed by atoms with Gasteiger partial charge in [0.05, 0.1) is 19.4 Å². The maximum absolute atomic E-state index is 5.58. The third kappa shape index (κ3) is 5.44. The van der Waals surface area contributed by atoms with Gasteiger partial charge in [0.1, 0.15) is 11.5 Å². The maximum Gasteiger partial charge on any atom is 0.186 e. The fourth-order valence-corrected chi connectivity index (χ4v) is 1.72. The lowest BCUT2D eigenvalue weighted by atomic mass is 10.2. The number of hydrazone groups is 1. The Bertz CT molecular complexity index is 464. The minimum absolute atomic E-state index is 0.493. The highest BCUT2D eigenvalue weighted by molar-refractivity contribution is 7.80. The number of hydrogen-bond acceptors (Lipinski definition) is 4. The van der Waals surface area contributed by atoms with E-state index in [1.807, 2.05) is 39.0 Å². The molecule has 20 heavy (non-hydrogen) atoms. The molecule has 0 aliphatic carbocycles. The first-order valence-corrected chi connectivity index (χ1v) is 7.08. The zero-order valence-corrected chi connectivity index (χ0v) is 12.9. The maximum atomic E-state index is 5.58. The fraction of sp³-hybridized carbons (Fsp3) is 0.429. The van der Waals surface area contributed by atoms with E-state index in [0.29, 0.717) is 18.3 Å². The van der Waals surface area contributed by atoms with E-state index >= 15 is 0 Å². The molecule has 0 aromatic heterocycles. The first-order valence-electron chi connectivity index (χ1n) is 6.67. The minimum Gasteiger partial charge on any atom is -0.494 e. The van der Waals surface area contributed by atoms with E-state index in [4.69, 9.17) is 21.7 Å². The third-order valence-corrected chi connectivity index (χ3v) is 2.54. The Hall–Kier alpha value is -1.82. The number of hydrogen-bond donors (Lipinski definition) is 2. The molecular formula is C14H21N3O2S. The van der Waals surface area contributed by atoms with Crippen molar-refractivity contribution in [2.75, 3.05) is 19.8 Å². The number of thiocarbonyl (C=S) groups is 1. The van der Waals surface area contributed by atoms with E-state index in [1.165, 1.54) is 0 Å². The van der Waals surface area contributed by atoms with Crippen LogP contribution in [0.1, 0.15) is 26.3 Å². The molecule has 0 fully saturated rings. The van der Waals surface area contributed by atoms with Crippen molar-refractivity contribution in [1.29, 1.82) is 0 Å². The molecule has 0 unspecified atom stereocenters. The molecule has 6 heteroatoms. The lowest BCUT2D eigenvalue weighted by Crippen LogP contribution is -2.31. The van der Waals surface area contributed by atoms with Crippen LogP contribution in [-0.2, 0) is 0 Å². The van der Waals surface area contributed by atoms with E-state index in [-0.39, 0.29) is 0 Å². The average Bonchev–Trinajstić information content (AvgIpc) is 2.42. The quantitative estimate of drug-likeness (QED) is 0.459. The van der Waals surface area contributed by atoms with Gasteiger partial charge in [-0.3, -0.25) is 5.43 Å². The predicted octanol–water partition coefficient (Wildman–Crippen LogP) is 2.30. The van der Waals surface area contributed by atoms with Crippen LogP contribution < -0.4 is 20.2 Å². The van der Waals surface area contributed by atoms with Gasteiger partial charge in [0.25, 0.3) is 0 Å². The number of rotatable bonds is 7. The van der Waals surface area contributed by atoms with Gasteiger partial charge in [0.15, 0.2) is 5.11 Å². The smallest absolute Gasteiger partial charge is 0.186 e. The van der Waals surface area contributed by atoms with E-state index < -0.39 is 0 Å². The fourth-order valence-electron chi connectivity index (χ4n) is 1.52. The van der Waals surface area contributed by atoms with E-state index in [0.717, 1.165) is 23.6 Å². The van der Waals surface area contributed by atoms with Gasteiger partial charge in [-0.05, 0) is 45.1 Å². The van der Waals surface area contributed by atoms with Crippen molar-refractivity contribution in [1.82, 2.24) is 10.7 Å². The van der Waals surface area contributed by atoms with Gasteiger partial charge < -0.3 is 14.8 Å². The molecule has 0 spiro atoms. The van der Waals surface area contributed by atoms with Crippen molar-refractivity contribution in [3.05, 3.63) is 23.8 Å². The van der Waals surface area contributed by atoms with Gasteiger partial charge in [0, 0.05) is 18.2 Å². The molecule has 2 N–H and O–H groups in total.